The van der Waals surface area contributed by atoms with Crippen molar-refractivity contribution in [2.45, 2.75) is 39.2 Å². The predicted molar refractivity (Wildman–Crippen MR) is 86.8 cm³/mol. The van der Waals surface area contributed by atoms with Crippen LogP contribution >= 0.6 is 12.2 Å². The Balaban J connectivity index is 1.93. The van der Waals surface area contributed by atoms with E-state index in [1.807, 2.05) is 6.07 Å². The van der Waals surface area contributed by atoms with Gasteiger partial charge in [0.2, 0.25) is 0 Å². The normalized spacial score (nSPS) is 18.2. The van der Waals surface area contributed by atoms with Crippen LogP contribution < -0.4 is 0 Å². The maximum atomic E-state index is 13.7. The zero-order valence-corrected chi connectivity index (χ0v) is 13.5. The molecule has 3 nitrogen and oxygen atoms in total. The Morgan fingerprint density at radius 1 is 1.29 bits per heavy atom. The van der Waals surface area contributed by atoms with E-state index in [9.17, 15) is 4.39 Å². The SMILES string of the molecule is Cc1cc2c(cc1F)[nH]c(=S)n2C(C)CN1CCCCC1. The average molecular weight is 307 g/mol. The van der Waals surface area contributed by atoms with Crippen molar-refractivity contribution >= 4 is 23.3 Å². The minimum Gasteiger partial charge on any atom is -0.330 e. The number of likely N-dealkylation sites (tertiary alicyclic amines) is 1. The van der Waals surface area contributed by atoms with E-state index in [1.165, 1.54) is 32.4 Å². The van der Waals surface area contributed by atoms with Crippen molar-refractivity contribution in [3.63, 3.8) is 0 Å². The van der Waals surface area contributed by atoms with Crippen molar-refractivity contribution in [3.8, 4) is 0 Å². The van der Waals surface area contributed by atoms with Gasteiger partial charge in [-0.05, 0) is 69.7 Å². The molecular weight excluding hydrogens is 285 g/mol. The van der Waals surface area contributed by atoms with E-state index in [2.05, 4.69) is 21.4 Å². The first-order valence-corrected chi connectivity index (χ1v) is 8.10. The van der Waals surface area contributed by atoms with Gasteiger partial charge in [-0.1, -0.05) is 6.42 Å². The van der Waals surface area contributed by atoms with Crippen molar-refractivity contribution in [3.05, 3.63) is 28.3 Å². The standard InChI is InChI=1S/C16H22FN3S/c1-11-8-15-14(9-13(11)17)18-16(21)20(15)12(2)10-19-6-4-3-5-7-19/h8-9,12H,3-7,10H2,1-2H3,(H,18,21). The van der Waals surface area contributed by atoms with E-state index in [-0.39, 0.29) is 11.9 Å². The lowest BCUT2D eigenvalue weighted by Crippen LogP contribution is -2.34. The summed E-state index contributed by atoms with van der Waals surface area (Å²) in [5, 5.41) is 0. The summed E-state index contributed by atoms with van der Waals surface area (Å²) < 4.78 is 16.5. The first kappa shape index (κ1) is 14.7. The Hall–Kier alpha value is -1.20. The number of rotatable bonds is 3. The van der Waals surface area contributed by atoms with Crippen molar-refractivity contribution in [1.29, 1.82) is 0 Å². The fourth-order valence-corrected chi connectivity index (χ4v) is 3.67. The van der Waals surface area contributed by atoms with Gasteiger partial charge in [-0.15, -0.1) is 0 Å². The molecule has 0 spiro atoms. The van der Waals surface area contributed by atoms with Crippen molar-refractivity contribution in [2.75, 3.05) is 19.6 Å². The number of fused-ring (bicyclic) bond motifs is 1. The highest BCUT2D eigenvalue weighted by molar-refractivity contribution is 7.71. The third-order valence-electron chi connectivity index (χ3n) is 4.41. The summed E-state index contributed by atoms with van der Waals surface area (Å²) in [6.45, 7) is 7.33. The number of hydrogen-bond acceptors (Lipinski definition) is 2. The van der Waals surface area contributed by atoms with E-state index in [4.69, 9.17) is 12.2 Å². The van der Waals surface area contributed by atoms with Gasteiger partial charge in [0.25, 0.3) is 0 Å². The molecule has 1 unspecified atom stereocenters. The molecule has 3 rings (SSSR count). The summed E-state index contributed by atoms with van der Waals surface area (Å²) in [4.78, 5) is 5.64. The molecule has 1 atom stereocenters. The molecule has 1 aliphatic heterocycles. The van der Waals surface area contributed by atoms with E-state index < -0.39 is 0 Å². The second-order valence-electron chi connectivity index (χ2n) is 6.13. The molecule has 1 aromatic carbocycles. The molecule has 5 heteroatoms. The number of hydrogen-bond donors (Lipinski definition) is 1. The van der Waals surface area contributed by atoms with E-state index >= 15 is 0 Å². The van der Waals surface area contributed by atoms with Crippen LogP contribution in [0.5, 0.6) is 0 Å². The lowest BCUT2D eigenvalue weighted by atomic mass is 10.1. The van der Waals surface area contributed by atoms with Crippen LogP contribution in [0, 0.1) is 17.5 Å². The zero-order chi connectivity index (χ0) is 15.0. The van der Waals surface area contributed by atoms with Gasteiger partial charge in [-0.25, -0.2) is 4.39 Å². The number of nitrogens with one attached hydrogen (secondary N) is 1. The van der Waals surface area contributed by atoms with E-state index in [0.717, 1.165) is 17.6 Å². The molecular formula is C16H22FN3S. The molecule has 1 N–H and O–H groups in total. The highest BCUT2D eigenvalue weighted by atomic mass is 32.1. The molecule has 0 aliphatic carbocycles. The van der Waals surface area contributed by atoms with Crippen molar-refractivity contribution < 1.29 is 4.39 Å². The van der Waals surface area contributed by atoms with Crippen LogP contribution in [0.2, 0.25) is 0 Å². The topological polar surface area (TPSA) is 24.0 Å². The molecule has 0 saturated carbocycles. The Bertz CT molecular complexity index is 697. The van der Waals surface area contributed by atoms with Gasteiger partial charge in [0.05, 0.1) is 11.0 Å². The van der Waals surface area contributed by atoms with Gasteiger partial charge in [0, 0.05) is 12.6 Å². The van der Waals surface area contributed by atoms with Crippen LogP contribution in [-0.2, 0) is 0 Å². The van der Waals surface area contributed by atoms with Gasteiger partial charge < -0.3 is 14.5 Å². The summed E-state index contributed by atoms with van der Waals surface area (Å²) in [6.07, 6.45) is 3.92. The molecule has 1 aromatic heterocycles. The van der Waals surface area contributed by atoms with Gasteiger partial charge in [-0.2, -0.15) is 0 Å². The van der Waals surface area contributed by atoms with Gasteiger partial charge >= 0.3 is 0 Å². The number of benzene rings is 1. The summed E-state index contributed by atoms with van der Waals surface area (Å²) >= 11 is 5.45. The van der Waals surface area contributed by atoms with Crippen LogP contribution in [0.4, 0.5) is 4.39 Å². The van der Waals surface area contributed by atoms with Crippen LogP contribution in [0.15, 0.2) is 12.1 Å². The summed E-state index contributed by atoms with van der Waals surface area (Å²) in [7, 11) is 0. The van der Waals surface area contributed by atoms with E-state index in [0.29, 0.717) is 10.3 Å². The minimum atomic E-state index is -0.186. The molecule has 21 heavy (non-hydrogen) atoms. The molecule has 1 aliphatic rings. The number of imidazole rings is 1. The predicted octanol–water partition coefficient (Wildman–Crippen LogP) is 4.19. The third kappa shape index (κ3) is 2.90. The molecule has 114 valence electrons. The summed E-state index contributed by atoms with van der Waals surface area (Å²) in [6, 6.07) is 3.73. The highest BCUT2D eigenvalue weighted by Crippen LogP contribution is 2.23. The van der Waals surface area contributed by atoms with Crippen molar-refractivity contribution in [2.24, 2.45) is 0 Å². The second kappa shape index (κ2) is 5.89. The first-order valence-electron chi connectivity index (χ1n) is 7.69. The number of piperidine rings is 1. The second-order valence-corrected chi connectivity index (χ2v) is 6.52. The minimum absolute atomic E-state index is 0.186. The zero-order valence-electron chi connectivity index (χ0n) is 12.7. The number of aryl methyl sites for hydroxylation is 1. The molecule has 2 heterocycles. The average Bonchev–Trinajstić information content (AvgIpc) is 2.75. The Labute approximate surface area is 129 Å². The molecule has 1 saturated heterocycles. The number of H-pyrrole nitrogens is 1. The molecule has 2 aromatic rings. The molecule has 1 fully saturated rings. The van der Waals surface area contributed by atoms with Gasteiger partial charge in [0.1, 0.15) is 5.82 Å². The first-order chi connectivity index (χ1) is 10.1. The van der Waals surface area contributed by atoms with Crippen molar-refractivity contribution in [1.82, 2.24) is 14.5 Å². The lowest BCUT2D eigenvalue weighted by Gasteiger charge is -2.29. The maximum absolute atomic E-state index is 13.7. The molecule has 0 amide bonds. The molecule has 0 bridgehead atoms. The maximum Gasteiger partial charge on any atom is 0.178 e. The smallest absolute Gasteiger partial charge is 0.178 e. The van der Waals surface area contributed by atoms with Crippen LogP contribution in [0.3, 0.4) is 0 Å². The number of aromatic nitrogens is 2. The highest BCUT2D eigenvalue weighted by Gasteiger charge is 2.17. The Kier molecular flexibility index (Phi) is 4.13. The Morgan fingerprint density at radius 2 is 2.00 bits per heavy atom. The fourth-order valence-electron chi connectivity index (χ4n) is 3.29. The van der Waals surface area contributed by atoms with Gasteiger partial charge in [0.15, 0.2) is 4.77 Å². The third-order valence-corrected chi connectivity index (χ3v) is 4.71. The fraction of sp³-hybridized carbons (Fsp3) is 0.562. The molecule has 0 radical (unpaired) electrons. The number of aromatic amines is 1. The number of nitrogens with zero attached hydrogens (tertiary/aromatic N) is 2. The lowest BCUT2D eigenvalue weighted by molar-refractivity contribution is 0.202. The Morgan fingerprint density at radius 3 is 2.71 bits per heavy atom. The largest absolute Gasteiger partial charge is 0.330 e. The number of halogens is 1. The summed E-state index contributed by atoms with van der Waals surface area (Å²) in [5.41, 5.74) is 2.45. The van der Waals surface area contributed by atoms with Crippen LogP contribution in [-0.4, -0.2) is 34.1 Å². The monoisotopic (exact) mass is 307 g/mol. The quantitative estimate of drug-likeness (QED) is 0.860. The van der Waals surface area contributed by atoms with Crippen LogP contribution in [0.25, 0.3) is 11.0 Å². The summed E-state index contributed by atoms with van der Waals surface area (Å²) in [5.74, 6) is -0.186. The van der Waals surface area contributed by atoms with Crippen LogP contribution in [0.1, 0.15) is 37.8 Å². The van der Waals surface area contributed by atoms with E-state index in [1.54, 1.807) is 13.0 Å². The van der Waals surface area contributed by atoms with Gasteiger partial charge in [-0.3, -0.25) is 0 Å².